The Balaban J connectivity index is 1.54. The quantitative estimate of drug-likeness (QED) is 0.595. The van der Waals surface area contributed by atoms with Gasteiger partial charge in [0.2, 0.25) is 10.0 Å². The van der Waals surface area contributed by atoms with Gasteiger partial charge in [-0.25, -0.2) is 13.4 Å². The Morgan fingerprint density at radius 2 is 1.88 bits per heavy atom. The molecule has 7 nitrogen and oxygen atoms in total. The van der Waals surface area contributed by atoms with Crippen molar-refractivity contribution in [2.75, 3.05) is 18.4 Å². The molecule has 9 heteroatoms. The van der Waals surface area contributed by atoms with Crippen molar-refractivity contribution in [3.8, 4) is 10.6 Å². The zero-order valence-electron chi connectivity index (χ0n) is 18.3. The average molecular weight is 471 g/mol. The molecule has 1 aliphatic heterocycles. The molecule has 2 aromatic heterocycles. The number of hydrogen-bond acceptors (Lipinski definition) is 6. The number of nitrogens with one attached hydrogen (secondary N) is 1. The second kappa shape index (κ2) is 9.09. The minimum atomic E-state index is -3.66. The molecule has 3 heterocycles. The van der Waals surface area contributed by atoms with E-state index in [-0.39, 0.29) is 10.5 Å². The van der Waals surface area contributed by atoms with E-state index in [0.29, 0.717) is 30.1 Å². The van der Waals surface area contributed by atoms with Crippen LogP contribution in [0.15, 0.2) is 53.6 Å². The van der Waals surface area contributed by atoms with Crippen LogP contribution in [0.3, 0.4) is 0 Å². The van der Waals surface area contributed by atoms with Crippen LogP contribution in [0.5, 0.6) is 0 Å². The standard InChI is InChI=1S/C23H26N4O3S2/c1-15-11-16(2)14-27(13-15)32(29,30)19-8-6-7-18(12-19)22(28)26-23-25-17(3)21(31-23)20-9-4-5-10-24-20/h4-10,12,15-16H,11,13-14H2,1-3H3,(H,25,26,28). The molecule has 0 saturated carbocycles. The molecule has 0 bridgehead atoms. The average Bonchev–Trinajstić information content (AvgIpc) is 3.13. The fourth-order valence-electron chi connectivity index (χ4n) is 4.10. The summed E-state index contributed by atoms with van der Waals surface area (Å²) in [5, 5.41) is 3.24. The van der Waals surface area contributed by atoms with Gasteiger partial charge in [-0.2, -0.15) is 4.31 Å². The molecule has 1 N–H and O–H groups in total. The Hall–Kier alpha value is -2.62. The van der Waals surface area contributed by atoms with Gasteiger partial charge in [0.25, 0.3) is 5.91 Å². The minimum Gasteiger partial charge on any atom is -0.298 e. The zero-order valence-corrected chi connectivity index (χ0v) is 19.9. The van der Waals surface area contributed by atoms with Crippen LogP contribution in [0, 0.1) is 18.8 Å². The van der Waals surface area contributed by atoms with Gasteiger partial charge in [0.15, 0.2) is 5.13 Å². The summed E-state index contributed by atoms with van der Waals surface area (Å²) in [6.45, 7) is 6.99. The van der Waals surface area contributed by atoms with Crippen molar-refractivity contribution < 1.29 is 13.2 Å². The number of nitrogens with zero attached hydrogens (tertiary/aromatic N) is 3. The second-order valence-corrected chi connectivity index (χ2v) is 11.3. The third-order valence-electron chi connectivity index (χ3n) is 5.48. The number of amides is 1. The summed E-state index contributed by atoms with van der Waals surface area (Å²) < 4.78 is 27.9. The van der Waals surface area contributed by atoms with Gasteiger partial charge in [-0.15, -0.1) is 0 Å². The van der Waals surface area contributed by atoms with Crippen LogP contribution < -0.4 is 5.32 Å². The summed E-state index contributed by atoms with van der Waals surface area (Å²) in [7, 11) is -3.66. The normalized spacial score (nSPS) is 19.6. The van der Waals surface area contributed by atoms with E-state index in [1.165, 1.54) is 21.7 Å². The van der Waals surface area contributed by atoms with Crippen LogP contribution in [0.25, 0.3) is 10.6 Å². The van der Waals surface area contributed by atoms with Crippen LogP contribution in [-0.2, 0) is 10.0 Å². The molecule has 2 unspecified atom stereocenters. The van der Waals surface area contributed by atoms with Crippen molar-refractivity contribution >= 4 is 32.4 Å². The molecule has 2 atom stereocenters. The first kappa shape index (κ1) is 22.6. The van der Waals surface area contributed by atoms with E-state index >= 15 is 0 Å². The van der Waals surface area contributed by atoms with Crippen molar-refractivity contribution in [2.45, 2.75) is 32.1 Å². The maximum absolute atomic E-state index is 13.2. The maximum atomic E-state index is 13.2. The van der Waals surface area contributed by atoms with E-state index in [1.807, 2.05) is 25.1 Å². The Morgan fingerprint density at radius 1 is 1.12 bits per heavy atom. The molecule has 0 aliphatic carbocycles. The third-order valence-corrected chi connectivity index (χ3v) is 8.41. The van der Waals surface area contributed by atoms with Gasteiger partial charge in [0, 0.05) is 24.8 Å². The van der Waals surface area contributed by atoms with Crippen LogP contribution in [0.4, 0.5) is 5.13 Å². The van der Waals surface area contributed by atoms with Crippen molar-refractivity contribution in [1.29, 1.82) is 0 Å². The molecule has 168 valence electrons. The Morgan fingerprint density at radius 3 is 2.56 bits per heavy atom. The van der Waals surface area contributed by atoms with Gasteiger partial charge in [-0.05, 0) is 55.5 Å². The monoisotopic (exact) mass is 470 g/mol. The predicted octanol–water partition coefficient (Wildman–Crippen LogP) is 4.43. The van der Waals surface area contributed by atoms with E-state index in [1.54, 1.807) is 24.4 Å². The smallest absolute Gasteiger partial charge is 0.257 e. The lowest BCUT2D eigenvalue weighted by atomic mass is 9.94. The highest BCUT2D eigenvalue weighted by molar-refractivity contribution is 7.89. The van der Waals surface area contributed by atoms with E-state index in [4.69, 9.17) is 0 Å². The highest BCUT2D eigenvalue weighted by Crippen LogP contribution is 2.32. The number of rotatable bonds is 5. The summed E-state index contributed by atoms with van der Waals surface area (Å²) >= 11 is 1.34. The molecular weight excluding hydrogens is 444 g/mol. The van der Waals surface area contributed by atoms with Crippen LogP contribution in [-0.4, -0.2) is 41.7 Å². The fraction of sp³-hybridized carbons (Fsp3) is 0.348. The molecule has 1 amide bonds. The van der Waals surface area contributed by atoms with Gasteiger partial charge in [-0.3, -0.25) is 15.1 Å². The molecule has 32 heavy (non-hydrogen) atoms. The second-order valence-electron chi connectivity index (χ2n) is 8.40. The molecule has 1 aliphatic rings. The number of hydrogen-bond donors (Lipinski definition) is 1. The molecule has 1 saturated heterocycles. The molecule has 1 aromatic carbocycles. The number of anilines is 1. The van der Waals surface area contributed by atoms with Gasteiger partial charge in [0.1, 0.15) is 0 Å². The third kappa shape index (κ3) is 4.74. The van der Waals surface area contributed by atoms with Crippen molar-refractivity contribution in [3.05, 3.63) is 59.9 Å². The van der Waals surface area contributed by atoms with E-state index in [2.05, 4.69) is 29.1 Å². The SMILES string of the molecule is Cc1nc(NC(=O)c2cccc(S(=O)(=O)N3CC(C)CC(C)C3)c2)sc1-c1ccccn1. The largest absolute Gasteiger partial charge is 0.298 e. The minimum absolute atomic E-state index is 0.135. The van der Waals surface area contributed by atoms with Crippen LogP contribution in [0.2, 0.25) is 0 Å². The number of carbonyl (C=O) groups excluding carboxylic acids is 1. The molecule has 4 rings (SSSR count). The Labute approximate surface area is 192 Å². The zero-order chi connectivity index (χ0) is 22.9. The van der Waals surface area contributed by atoms with E-state index in [0.717, 1.165) is 22.7 Å². The van der Waals surface area contributed by atoms with E-state index in [9.17, 15) is 13.2 Å². The van der Waals surface area contributed by atoms with Crippen molar-refractivity contribution in [1.82, 2.24) is 14.3 Å². The van der Waals surface area contributed by atoms with Crippen molar-refractivity contribution in [2.24, 2.45) is 11.8 Å². The number of thiazole rings is 1. The summed E-state index contributed by atoms with van der Waals surface area (Å²) in [6, 6.07) is 11.8. The number of aromatic nitrogens is 2. The van der Waals surface area contributed by atoms with Gasteiger partial charge in [0.05, 0.1) is 21.2 Å². The number of benzene rings is 1. The molecule has 0 radical (unpaired) electrons. The maximum Gasteiger partial charge on any atom is 0.257 e. The lowest BCUT2D eigenvalue weighted by Crippen LogP contribution is -2.42. The summed E-state index contributed by atoms with van der Waals surface area (Å²) in [6.07, 6.45) is 2.73. The molecule has 1 fully saturated rings. The number of pyridine rings is 1. The molecular formula is C23H26N4O3S2. The van der Waals surface area contributed by atoms with Gasteiger partial charge in [-0.1, -0.05) is 37.3 Å². The first-order valence-electron chi connectivity index (χ1n) is 10.5. The summed E-state index contributed by atoms with van der Waals surface area (Å²) in [5.41, 5.74) is 1.84. The van der Waals surface area contributed by atoms with Crippen LogP contribution in [0.1, 0.15) is 36.3 Å². The summed E-state index contributed by atoms with van der Waals surface area (Å²) in [5.74, 6) is 0.214. The predicted molar refractivity (Wildman–Crippen MR) is 126 cm³/mol. The number of aryl methyl sites for hydroxylation is 1. The molecule has 0 spiro atoms. The highest BCUT2D eigenvalue weighted by atomic mass is 32.2. The lowest BCUT2D eigenvalue weighted by molar-refractivity contribution is 0.102. The topological polar surface area (TPSA) is 92.3 Å². The fourth-order valence-corrected chi connectivity index (χ4v) is 6.77. The number of piperidine rings is 1. The first-order chi connectivity index (χ1) is 15.2. The summed E-state index contributed by atoms with van der Waals surface area (Å²) in [4.78, 5) is 22.7. The van der Waals surface area contributed by atoms with Gasteiger partial charge < -0.3 is 0 Å². The Kier molecular flexibility index (Phi) is 6.41. The Bertz CT molecular complexity index is 1220. The van der Waals surface area contributed by atoms with Gasteiger partial charge >= 0.3 is 0 Å². The lowest BCUT2D eigenvalue weighted by Gasteiger charge is -2.34. The van der Waals surface area contributed by atoms with Crippen LogP contribution >= 0.6 is 11.3 Å². The first-order valence-corrected chi connectivity index (χ1v) is 12.8. The highest BCUT2D eigenvalue weighted by Gasteiger charge is 2.32. The van der Waals surface area contributed by atoms with Crippen molar-refractivity contribution in [3.63, 3.8) is 0 Å². The number of carbonyl (C=O) groups is 1. The molecule has 3 aromatic rings. The van der Waals surface area contributed by atoms with E-state index < -0.39 is 15.9 Å². The number of sulfonamides is 1.